The first-order valence-electron chi connectivity index (χ1n) is 8.57. The van der Waals surface area contributed by atoms with Crippen LogP contribution in [0.1, 0.15) is 39.5 Å². The first-order chi connectivity index (χ1) is 11.6. The molecule has 0 radical (unpaired) electrons. The SMILES string of the molecule is CC[C@@H](/C=C/C=C/[C@H](CC=O)CC(OC)OC)[C@H](C)C/C=C/C=O. The monoisotopic (exact) mass is 336 g/mol. The Bertz CT molecular complexity index is 408. The lowest BCUT2D eigenvalue weighted by molar-refractivity contribution is -0.116. The van der Waals surface area contributed by atoms with Gasteiger partial charge in [0.1, 0.15) is 12.6 Å². The summed E-state index contributed by atoms with van der Waals surface area (Å²) in [6, 6.07) is 0. The normalized spacial score (nSPS) is 16.2. The fourth-order valence-electron chi connectivity index (χ4n) is 2.59. The number of methoxy groups -OCH3 is 2. The van der Waals surface area contributed by atoms with Crippen LogP contribution in [0.4, 0.5) is 0 Å². The van der Waals surface area contributed by atoms with Crippen molar-refractivity contribution in [2.75, 3.05) is 14.2 Å². The highest BCUT2D eigenvalue weighted by molar-refractivity contribution is 5.64. The quantitative estimate of drug-likeness (QED) is 0.207. The minimum Gasteiger partial charge on any atom is -0.356 e. The van der Waals surface area contributed by atoms with E-state index < -0.39 is 0 Å². The van der Waals surface area contributed by atoms with E-state index in [-0.39, 0.29) is 12.2 Å². The molecule has 24 heavy (non-hydrogen) atoms. The predicted molar refractivity (Wildman–Crippen MR) is 97.6 cm³/mol. The Morgan fingerprint density at radius 1 is 0.958 bits per heavy atom. The number of ether oxygens (including phenoxy) is 2. The van der Waals surface area contributed by atoms with Gasteiger partial charge in [-0.2, -0.15) is 0 Å². The molecule has 0 aliphatic rings. The molecule has 0 aliphatic carbocycles. The first-order valence-corrected chi connectivity index (χ1v) is 8.57. The summed E-state index contributed by atoms with van der Waals surface area (Å²) in [6.07, 6.45) is 16.2. The summed E-state index contributed by atoms with van der Waals surface area (Å²) in [5, 5.41) is 0. The van der Waals surface area contributed by atoms with Gasteiger partial charge in [0.25, 0.3) is 0 Å². The Morgan fingerprint density at radius 3 is 2.17 bits per heavy atom. The lowest BCUT2D eigenvalue weighted by Gasteiger charge is -2.18. The number of hydrogen-bond acceptors (Lipinski definition) is 4. The summed E-state index contributed by atoms with van der Waals surface area (Å²) in [6.45, 7) is 4.35. The van der Waals surface area contributed by atoms with Crippen molar-refractivity contribution in [1.29, 1.82) is 0 Å². The molecule has 0 aromatic rings. The molecule has 0 saturated heterocycles. The summed E-state index contributed by atoms with van der Waals surface area (Å²) in [4.78, 5) is 21.1. The average Bonchev–Trinajstić information content (AvgIpc) is 2.59. The maximum absolute atomic E-state index is 10.8. The molecule has 0 aliphatic heterocycles. The third-order valence-corrected chi connectivity index (χ3v) is 4.20. The van der Waals surface area contributed by atoms with E-state index in [1.165, 1.54) is 0 Å². The Hall–Kier alpha value is -1.52. The van der Waals surface area contributed by atoms with E-state index in [0.717, 1.165) is 25.4 Å². The molecule has 0 fully saturated rings. The summed E-state index contributed by atoms with van der Waals surface area (Å²) < 4.78 is 10.4. The highest BCUT2D eigenvalue weighted by atomic mass is 16.7. The molecule has 0 saturated carbocycles. The van der Waals surface area contributed by atoms with Crippen molar-refractivity contribution < 1.29 is 19.1 Å². The van der Waals surface area contributed by atoms with Crippen molar-refractivity contribution in [3.63, 3.8) is 0 Å². The molecule has 0 aromatic carbocycles. The molecular formula is C20H32O4. The van der Waals surface area contributed by atoms with Crippen LogP contribution in [0.3, 0.4) is 0 Å². The molecule has 0 spiro atoms. The van der Waals surface area contributed by atoms with Crippen molar-refractivity contribution in [2.24, 2.45) is 17.8 Å². The maximum atomic E-state index is 10.8. The third-order valence-electron chi connectivity index (χ3n) is 4.20. The topological polar surface area (TPSA) is 52.6 Å². The van der Waals surface area contributed by atoms with E-state index in [9.17, 15) is 9.59 Å². The largest absolute Gasteiger partial charge is 0.356 e. The van der Waals surface area contributed by atoms with Crippen LogP contribution in [0.15, 0.2) is 36.5 Å². The van der Waals surface area contributed by atoms with E-state index >= 15 is 0 Å². The standard InChI is InChI=1S/C20H32O4/c1-5-19(17(2)10-8-9-14-21)12-7-6-11-18(13-15-22)16-20(23-3)24-4/h6-9,11-12,14-15,17-20H,5,10,13,16H2,1-4H3/b9-8+,11-6+,12-7+/t17-,18-,19+/m1/s1. The van der Waals surface area contributed by atoms with Crippen LogP contribution in [-0.2, 0) is 19.1 Å². The Kier molecular flexibility index (Phi) is 14.1. The fourth-order valence-corrected chi connectivity index (χ4v) is 2.59. The maximum Gasteiger partial charge on any atom is 0.157 e. The van der Waals surface area contributed by atoms with Crippen LogP contribution in [0.2, 0.25) is 0 Å². The van der Waals surface area contributed by atoms with Crippen molar-refractivity contribution in [3.05, 3.63) is 36.5 Å². The van der Waals surface area contributed by atoms with Gasteiger partial charge in [-0.25, -0.2) is 0 Å². The lowest BCUT2D eigenvalue weighted by Crippen LogP contribution is -2.17. The molecule has 0 N–H and O–H groups in total. The molecule has 0 unspecified atom stereocenters. The van der Waals surface area contributed by atoms with Crippen molar-refractivity contribution in [3.8, 4) is 0 Å². The second-order valence-electron chi connectivity index (χ2n) is 5.92. The third kappa shape index (κ3) is 10.3. The van der Waals surface area contributed by atoms with Crippen LogP contribution >= 0.6 is 0 Å². The van der Waals surface area contributed by atoms with E-state index in [2.05, 4.69) is 19.9 Å². The molecule has 0 amide bonds. The zero-order valence-corrected chi connectivity index (χ0v) is 15.4. The number of aldehydes is 2. The van der Waals surface area contributed by atoms with E-state index in [0.29, 0.717) is 24.7 Å². The highest BCUT2D eigenvalue weighted by Crippen LogP contribution is 2.21. The highest BCUT2D eigenvalue weighted by Gasteiger charge is 2.13. The summed E-state index contributed by atoms with van der Waals surface area (Å²) in [5.74, 6) is 1.04. The zero-order chi connectivity index (χ0) is 18.2. The molecule has 0 bridgehead atoms. The Labute approximate surface area is 146 Å². The first kappa shape index (κ1) is 22.5. The second kappa shape index (κ2) is 15.0. The molecule has 136 valence electrons. The van der Waals surface area contributed by atoms with Gasteiger partial charge in [-0.15, -0.1) is 0 Å². The minimum absolute atomic E-state index is 0.102. The van der Waals surface area contributed by atoms with Gasteiger partial charge in [0.05, 0.1) is 0 Å². The summed E-state index contributed by atoms with van der Waals surface area (Å²) in [7, 11) is 3.20. The van der Waals surface area contributed by atoms with Crippen molar-refractivity contribution >= 4 is 12.6 Å². The van der Waals surface area contributed by atoms with E-state index in [1.807, 2.05) is 24.3 Å². The fraction of sp³-hybridized carbons (Fsp3) is 0.600. The van der Waals surface area contributed by atoms with Crippen molar-refractivity contribution in [2.45, 2.75) is 45.8 Å². The van der Waals surface area contributed by atoms with Crippen LogP contribution < -0.4 is 0 Å². The predicted octanol–water partition coefficient (Wildman–Crippen LogP) is 4.12. The number of hydrogen-bond donors (Lipinski definition) is 0. The van der Waals surface area contributed by atoms with Gasteiger partial charge in [-0.05, 0) is 36.7 Å². The van der Waals surface area contributed by atoms with Gasteiger partial charge < -0.3 is 14.3 Å². The minimum atomic E-state index is -0.295. The lowest BCUT2D eigenvalue weighted by atomic mass is 9.88. The van der Waals surface area contributed by atoms with Crippen LogP contribution in [-0.4, -0.2) is 33.1 Å². The van der Waals surface area contributed by atoms with Gasteiger partial charge in [-0.1, -0.05) is 44.2 Å². The van der Waals surface area contributed by atoms with Crippen molar-refractivity contribution in [1.82, 2.24) is 0 Å². The van der Waals surface area contributed by atoms with Gasteiger partial charge in [-0.3, -0.25) is 4.79 Å². The van der Waals surface area contributed by atoms with E-state index in [4.69, 9.17) is 9.47 Å². The van der Waals surface area contributed by atoms with Crippen LogP contribution in [0.25, 0.3) is 0 Å². The summed E-state index contributed by atoms with van der Waals surface area (Å²) in [5.41, 5.74) is 0. The van der Waals surface area contributed by atoms with Gasteiger partial charge in [0, 0.05) is 27.1 Å². The Morgan fingerprint density at radius 2 is 1.62 bits per heavy atom. The number of rotatable bonds is 14. The Balaban J connectivity index is 4.61. The molecule has 3 atom stereocenters. The molecule has 4 nitrogen and oxygen atoms in total. The van der Waals surface area contributed by atoms with E-state index in [1.54, 1.807) is 20.3 Å². The average molecular weight is 336 g/mol. The van der Waals surface area contributed by atoms with Gasteiger partial charge in [0.2, 0.25) is 0 Å². The smallest absolute Gasteiger partial charge is 0.157 e. The van der Waals surface area contributed by atoms with Gasteiger partial charge in [0.15, 0.2) is 6.29 Å². The number of allylic oxidation sites excluding steroid dienone is 6. The number of carbonyl (C=O) groups is 2. The number of carbonyl (C=O) groups excluding carboxylic acids is 2. The van der Waals surface area contributed by atoms with Gasteiger partial charge >= 0.3 is 0 Å². The molecule has 4 heteroatoms. The second-order valence-corrected chi connectivity index (χ2v) is 5.92. The molecular weight excluding hydrogens is 304 g/mol. The molecule has 0 rings (SSSR count). The molecule has 0 aromatic heterocycles. The van der Waals surface area contributed by atoms with Crippen LogP contribution in [0.5, 0.6) is 0 Å². The van der Waals surface area contributed by atoms with Crippen LogP contribution in [0, 0.1) is 17.8 Å². The summed E-state index contributed by atoms with van der Waals surface area (Å²) >= 11 is 0. The zero-order valence-electron chi connectivity index (χ0n) is 15.4. The molecule has 0 heterocycles.